The average Bonchev–Trinajstić information content (AvgIpc) is 3.23. The molecular weight excluding hydrogens is 516 g/mol. The molecule has 224 valence electrons. The summed E-state index contributed by atoms with van der Waals surface area (Å²) in [5, 5.41) is 6.13. The van der Waals surface area contributed by atoms with Gasteiger partial charge in [0.1, 0.15) is 18.2 Å². The second-order valence-electron chi connectivity index (χ2n) is 12.7. The van der Waals surface area contributed by atoms with E-state index in [4.69, 9.17) is 9.47 Å². The number of benzene rings is 2. The first-order valence-electron chi connectivity index (χ1n) is 14.9. The van der Waals surface area contributed by atoms with Gasteiger partial charge in [0.25, 0.3) is 0 Å². The number of hydrogen-bond acceptors (Lipinski definition) is 6. The van der Waals surface area contributed by atoms with Gasteiger partial charge in [-0.05, 0) is 68.2 Å². The number of amides is 1. The fourth-order valence-corrected chi connectivity index (χ4v) is 5.33. The Labute approximate surface area is 245 Å². The molecule has 7 heteroatoms. The number of nitrogens with one attached hydrogen (secondary N) is 2. The normalized spacial score (nSPS) is 15.8. The zero-order valence-electron chi connectivity index (χ0n) is 26.0. The third-order valence-corrected chi connectivity index (χ3v) is 7.72. The number of hydrogen-bond donors (Lipinski definition) is 2. The summed E-state index contributed by atoms with van der Waals surface area (Å²) in [4.78, 5) is 39.3. The Morgan fingerprint density at radius 1 is 0.878 bits per heavy atom. The van der Waals surface area contributed by atoms with E-state index in [-0.39, 0.29) is 42.8 Å². The number of carbonyl (C=O) groups is 3. The fraction of sp³-hybridized carbons (Fsp3) is 0.559. The van der Waals surface area contributed by atoms with Gasteiger partial charge >= 0.3 is 11.9 Å². The Morgan fingerprint density at radius 3 is 1.95 bits per heavy atom. The number of carbonyl (C=O) groups excluding carboxylic acids is 3. The lowest BCUT2D eigenvalue weighted by molar-refractivity contribution is -0.157. The van der Waals surface area contributed by atoms with Gasteiger partial charge < -0.3 is 14.8 Å². The van der Waals surface area contributed by atoms with Crippen LogP contribution in [0.25, 0.3) is 11.1 Å². The molecule has 1 aliphatic rings. The lowest BCUT2D eigenvalue weighted by atomic mass is 9.91. The van der Waals surface area contributed by atoms with Crippen LogP contribution in [0.15, 0.2) is 48.5 Å². The molecule has 0 heterocycles. The Hall–Kier alpha value is -3.19. The maximum Gasteiger partial charge on any atom is 0.323 e. The van der Waals surface area contributed by atoms with Crippen molar-refractivity contribution >= 4 is 17.8 Å². The van der Waals surface area contributed by atoms with Crippen molar-refractivity contribution < 1.29 is 23.9 Å². The van der Waals surface area contributed by atoms with E-state index in [1.54, 1.807) is 6.92 Å². The van der Waals surface area contributed by atoms with E-state index >= 15 is 0 Å². The molecule has 2 aromatic rings. The summed E-state index contributed by atoms with van der Waals surface area (Å²) in [5.41, 5.74) is 4.07. The van der Waals surface area contributed by atoms with Crippen LogP contribution in [-0.2, 0) is 23.9 Å². The standard InChI is InChI=1S/C34H48N2O5/c1-9-22(4)28(19-35-31(37)30(18-21(2)3)36-23(5)32(38)41-34(6,7)8)33(39)40-20-29-26-16-12-10-14-24(26)25-15-11-13-17-27(25)29/h10-17,21-23,28-30,36H,9,18-20H2,1-8H3,(H,35,37)/t22?,23-,28+,30?/m0/s1. The molecule has 1 amide bonds. The van der Waals surface area contributed by atoms with E-state index in [9.17, 15) is 14.4 Å². The zero-order chi connectivity index (χ0) is 30.3. The van der Waals surface area contributed by atoms with Gasteiger partial charge in [0.2, 0.25) is 5.91 Å². The summed E-state index contributed by atoms with van der Waals surface area (Å²) in [7, 11) is 0. The van der Waals surface area contributed by atoms with Crippen molar-refractivity contribution in [2.24, 2.45) is 17.8 Å². The van der Waals surface area contributed by atoms with Crippen molar-refractivity contribution in [3.63, 3.8) is 0 Å². The molecule has 2 unspecified atom stereocenters. The van der Waals surface area contributed by atoms with Gasteiger partial charge in [0.05, 0.1) is 12.0 Å². The van der Waals surface area contributed by atoms with Crippen LogP contribution in [-0.4, -0.2) is 48.7 Å². The SMILES string of the molecule is CCC(C)[C@@H](CNC(=O)C(CC(C)C)N[C@@H](C)C(=O)OC(C)(C)C)C(=O)OCC1c2ccccc2-c2ccccc21. The summed E-state index contributed by atoms with van der Waals surface area (Å²) < 4.78 is 11.4. The molecule has 0 radical (unpaired) electrons. The number of ether oxygens (including phenoxy) is 2. The Balaban J connectivity index is 1.66. The lowest BCUT2D eigenvalue weighted by Crippen LogP contribution is -2.52. The maximum absolute atomic E-state index is 13.4. The van der Waals surface area contributed by atoms with Crippen LogP contribution in [0.2, 0.25) is 0 Å². The number of rotatable bonds is 13. The molecule has 7 nitrogen and oxygen atoms in total. The molecule has 1 aliphatic carbocycles. The third kappa shape index (κ3) is 8.65. The minimum Gasteiger partial charge on any atom is -0.464 e. The third-order valence-electron chi connectivity index (χ3n) is 7.72. The molecular formula is C34H48N2O5. The highest BCUT2D eigenvalue weighted by Gasteiger charge is 2.33. The smallest absolute Gasteiger partial charge is 0.323 e. The molecule has 0 saturated carbocycles. The van der Waals surface area contributed by atoms with E-state index in [1.165, 1.54) is 11.1 Å². The lowest BCUT2D eigenvalue weighted by Gasteiger charge is -2.28. The first-order valence-corrected chi connectivity index (χ1v) is 14.9. The highest BCUT2D eigenvalue weighted by Crippen LogP contribution is 2.44. The van der Waals surface area contributed by atoms with Gasteiger partial charge in [-0.1, -0.05) is 82.6 Å². The van der Waals surface area contributed by atoms with Gasteiger partial charge in [0, 0.05) is 12.5 Å². The van der Waals surface area contributed by atoms with Crippen molar-refractivity contribution in [3.8, 4) is 11.1 Å². The van der Waals surface area contributed by atoms with Crippen LogP contribution in [0.3, 0.4) is 0 Å². The molecule has 2 N–H and O–H groups in total. The topological polar surface area (TPSA) is 93.7 Å². The van der Waals surface area contributed by atoms with E-state index in [0.717, 1.165) is 17.5 Å². The Morgan fingerprint density at radius 2 is 1.44 bits per heavy atom. The average molecular weight is 565 g/mol. The highest BCUT2D eigenvalue weighted by atomic mass is 16.6. The van der Waals surface area contributed by atoms with Crippen molar-refractivity contribution in [2.75, 3.05) is 13.2 Å². The maximum atomic E-state index is 13.4. The zero-order valence-corrected chi connectivity index (χ0v) is 26.0. The van der Waals surface area contributed by atoms with Gasteiger partial charge in [-0.2, -0.15) is 0 Å². The van der Waals surface area contributed by atoms with E-state index in [2.05, 4.69) is 34.9 Å². The molecule has 0 bridgehead atoms. The number of esters is 2. The molecule has 0 fully saturated rings. The first-order chi connectivity index (χ1) is 19.3. The predicted octanol–water partition coefficient (Wildman–Crippen LogP) is 5.86. The molecule has 0 aromatic heterocycles. The minimum absolute atomic E-state index is 0.0168. The van der Waals surface area contributed by atoms with E-state index in [0.29, 0.717) is 6.42 Å². The van der Waals surface area contributed by atoms with E-state index in [1.807, 2.05) is 72.7 Å². The first kappa shape index (κ1) is 32.3. The minimum atomic E-state index is -0.656. The molecule has 0 spiro atoms. The molecule has 0 saturated heterocycles. The molecule has 2 aromatic carbocycles. The Kier molecular flexibility index (Phi) is 11.1. The fourth-order valence-electron chi connectivity index (χ4n) is 5.33. The van der Waals surface area contributed by atoms with Crippen molar-refractivity contribution in [3.05, 3.63) is 59.7 Å². The summed E-state index contributed by atoms with van der Waals surface area (Å²) in [6.45, 7) is 15.6. The largest absolute Gasteiger partial charge is 0.464 e. The van der Waals surface area contributed by atoms with Gasteiger partial charge in [-0.25, -0.2) is 0 Å². The second kappa shape index (κ2) is 14.1. The quantitative estimate of drug-likeness (QED) is 0.296. The van der Waals surface area contributed by atoms with Crippen molar-refractivity contribution in [1.29, 1.82) is 0 Å². The summed E-state index contributed by atoms with van der Waals surface area (Å²) in [5.74, 6) is -1.23. The predicted molar refractivity (Wildman–Crippen MR) is 162 cm³/mol. The van der Waals surface area contributed by atoms with Gasteiger partial charge in [0.15, 0.2) is 0 Å². The van der Waals surface area contributed by atoms with Crippen LogP contribution in [0.5, 0.6) is 0 Å². The second-order valence-corrected chi connectivity index (χ2v) is 12.7. The van der Waals surface area contributed by atoms with Crippen LogP contribution in [0, 0.1) is 17.8 Å². The monoisotopic (exact) mass is 564 g/mol. The van der Waals surface area contributed by atoms with Crippen LogP contribution < -0.4 is 10.6 Å². The van der Waals surface area contributed by atoms with Gasteiger partial charge in [-0.15, -0.1) is 0 Å². The van der Waals surface area contributed by atoms with Gasteiger partial charge in [-0.3, -0.25) is 19.7 Å². The highest BCUT2D eigenvalue weighted by molar-refractivity contribution is 5.84. The molecule has 3 rings (SSSR count). The van der Waals surface area contributed by atoms with E-state index < -0.39 is 29.6 Å². The van der Waals surface area contributed by atoms with Crippen molar-refractivity contribution in [1.82, 2.24) is 10.6 Å². The Bertz CT molecular complexity index is 1160. The van der Waals surface area contributed by atoms with Crippen LogP contribution >= 0.6 is 0 Å². The molecule has 0 aliphatic heterocycles. The van der Waals surface area contributed by atoms with Crippen LogP contribution in [0.1, 0.15) is 85.3 Å². The molecule has 4 atom stereocenters. The van der Waals surface area contributed by atoms with Crippen LogP contribution in [0.4, 0.5) is 0 Å². The number of fused-ring (bicyclic) bond motifs is 3. The summed E-state index contributed by atoms with van der Waals surface area (Å²) in [6.07, 6.45) is 1.31. The van der Waals surface area contributed by atoms with Crippen molar-refractivity contribution in [2.45, 2.75) is 91.8 Å². The summed E-state index contributed by atoms with van der Waals surface area (Å²) >= 11 is 0. The molecule has 41 heavy (non-hydrogen) atoms. The summed E-state index contributed by atoms with van der Waals surface area (Å²) in [6, 6.07) is 15.2.